The molecule has 2 atom stereocenters. The van der Waals surface area contributed by atoms with Crippen LogP contribution in [0.5, 0.6) is 0 Å². The molecule has 10 nitrogen and oxygen atoms in total. The van der Waals surface area contributed by atoms with Crippen molar-refractivity contribution in [1.82, 2.24) is 20.9 Å². The second-order valence-corrected chi connectivity index (χ2v) is 8.45. The zero-order valence-corrected chi connectivity index (χ0v) is 18.6. The normalized spacial score (nSPS) is 22.4. The number of hydrogen-bond acceptors (Lipinski definition) is 6. The predicted octanol–water partition coefficient (Wildman–Crippen LogP) is 0.953. The highest BCUT2D eigenvalue weighted by Gasteiger charge is 2.39. The first-order valence-electron chi connectivity index (χ1n) is 11.1. The van der Waals surface area contributed by atoms with Crippen molar-refractivity contribution in [2.75, 3.05) is 13.1 Å². The van der Waals surface area contributed by atoms with Gasteiger partial charge in [-0.1, -0.05) is 6.42 Å². The molecule has 4 N–H and O–H groups in total. The second kappa shape index (κ2) is 10.8. The summed E-state index contributed by atoms with van der Waals surface area (Å²) in [7, 11) is 0. The molecule has 3 heterocycles. The van der Waals surface area contributed by atoms with E-state index in [1.54, 1.807) is 18.2 Å². The Kier molecular flexibility index (Phi) is 8.10. The lowest BCUT2D eigenvalue weighted by Crippen LogP contribution is -2.52. The van der Waals surface area contributed by atoms with Gasteiger partial charge in [0.2, 0.25) is 11.8 Å². The lowest BCUT2D eigenvalue weighted by molar-refractivity contribution is -0.192. The van der Waals surface area contributed by atoms with Crippen LogP contribution in [-0.2, 0) is 20.9 Å². The number of piperidine rings is 1. The third-order valence-electron chi connectivity index (χ3n) is 5.91. The zero-order chi connectivity index (χ0) is 25.8. The molecule has 3 aliphatic rings. The molecule has 1 aromatic carbocycles. The van der Waals surface area contributed by atoms with Crippen molar-refractivity contribution in [2.24, 2.45) is 0 Å². The number of aliphatic carboxylic acids is 1. The Morgan fingerprint density at radius 2 is 1.83 bits per heavy atom. The van der Waals surface area contributed by atoms with Crippen LogP contribution in [0.4, 0.5) is 13.2 Å². The van der Waals surface area contributed by atoms with Crippen LogP contribution in [0.25, 0.3) is 0 Å². The third kappa shape index (κ3) is 6.56. The van der Waals surface area contributed by atoms with E-state index in [9.17, 15) is 32.3 Å². The molecule has 0 aromatic heterocycles. The van der Waals surface area contributed by atoms with Crippen LogP contribution in [-0.4, -0.2) is 71.0 Å². The molecule has 0 radical (unpaired) electrons. The molecular formula is C22H25F3N4O6. The molecule has 2 saturated heterocycles. The van der Waals surface area contributed by atoms with Crippen LogP contribution in [0, 0.1) is 0 Å². The van der Waals surface area contributed by atoms with E-state index in [1.807, 2.05) is 0 Å². The molecular weight excluding hydrogens is 473 g/mol. The van der Waals surface area contributed by atoms with Gasteiger partial charge in [-0.25, -0.2) is 4.79 Å². The Balaban J connectivity index is 0.000000429. The van der Waals surface area contributed by atoms with Crippen LogP contribution >= 0.6 is 0 Å². The number of nitrogens with one attached hydrogen (secondary N) is 3. The largest absolute Gasteiger partial charge is 0.490 e. The molecule has 35 heavy (non-hydrogen) atoms. The number of carbonyl (C=O) groups excluding carboxylic acids is 4. The number of alkyl halides is 3. The van der Waals surface area contributed by atoms with Crippen LogP contribution in [0.3, 0.4) is 0 Å². The summed E-state index contributed by atoms with van der Waals surface area (Å²) in [6.45, 7) is 2.01. The van der Waals surface area contributed by atoms with Crippen molar-refractivity contribution >= 4 is 29.6 Å². The number of amides is 4. The lowest BCUT2D eigenvalue weighted by Gasteiger charge is -2.29. The monoisotopic (exact) mass is 498 g/mol. The number of hydrogen-bond donors (Lipinski definition) is 4. The topological polar surface area (TPSA) is 145 Å². The summed E-state index contributed by atoms with van der Waals surface area (Å²) in [4.78, 5) is 59.2. The van der Waals surface area contributed by atoms with Crippen molar-refractivity contribution in [3.63, 3.8) is 0 Å². The van der Waals surface area contributed by atoms with Gasteiger partial charge in [0.15, 0.2) is 0 Å². The number of carboxylic acids is 1. The number of imide groups is 1. The van der Waals surface area contributed by atoms with E-state index in [4.69, 9.17) is 9.90 Å². The maximum absolute atomic E-state index is 12.7. The highest BCUT2D eigenvalue weighted by atomic mass is 19.4. The van der Waals surface area contributed by atoms with Gasteiger partial charge in [0.1, 0.15) is 6.04 Å². The minimum Gasteiger partial charge on any atom is -0.475 e. The van der Waals surface area contributed by atoms with Crippen LogP contribution in [0.1, 0.15) is 58.4 Å². The minimum atomic E-state index is -5.08. The zero-order valence-electron chi connectivity index (χ0n) is 18.6. The van der Waals surface area contributed by atoms with Crippen molar-refractivity contribution in [1.29, 1.82) is 0 Å². The molecule has 3 aliphatic heterocycles. The molecule has 4 rings (SSSR count). The summed E-state index contributed by atoms with van der Waals surface area (Å²) in [5.41, 5.74) is 1.76. The fraction of sp³-hybridized carbons (Fsp3) is 0.500. The summed E-state index contributed by atoms with van der Waals surface area (Å²) in [5.74, 6) is -3.88. The first-order valence-corrected chi connectivity index (χ1v) is 11.1. The Bertz CT molecular complexity index is 1020. The standard InChI is InChI=1S/C20H24N4O4.C2HF3O2/c25-17-7-6-16(19(27)23-17)24-11-13-9-12(4-5-15(13)20(24)28)18(26)22-14-3-1-2-8-21-10-14;3-2(4,5)1(6)7/h4-5,9,14,16,21H,1-3,6-8,10-11H2,(H,22,26)(H,23,25,27);(H,6,7)/t14-,16?;/m0./s1. The second-order valence-electron chi connectivity index (χ2n) is 8.45. The average molecular weight is 498 g/mol. The number of benzene rings is 1. The average Bonchev–Trinajstić information content (AvgIpc) is 2.94. The van der Waals surface area contributed by atoms with Gasteiger partial charge in [-0.05, 0) is 49.6 Å². The van der Waals surface area contributed by atoms with Crippen molar-refractivity contribution < 1.29 is 42.3 Å². The summed E-state index contributed by atoms with van der Waals surface area (Å²) in [5, 5.41) is 15.8. The van der Waals surface area contributed by atoms with E-state index in [0.29, 0.717) is 17.5 Å². The highest BCUT2D eigenvalue weighted by molar-refractivity contribution is 6.06. The van der Waals surface area contributed by atoms with Gasteiger partial charge in [0.25, 0.3) is 11.8 Å². The number of rotatable bonds is 3. The molecule has 0 spiro atoms. The molecule has 4 amide bonds. The third-order valence-corrected chi connectivity index (χ3v) is 5.91. The van der Waals surface area contributed by atoms with E-state index >= 15 is 0 Å². The summed E-state index contributed by atoms with van der Waals surface area (Å²) in [6, 6.07) is 4.50. The van der Waals surface area contributed by atoms with Crippen molar-refractivity contribution in [3.8, 4) is 0 Å². The van der Waals surface area contributed by atoms with Gasteiger partial charge in [-0.15, -0.1) is 0 Å². The maximum Gasteiger partial charge on any atom is 0.490 e. The van der Waals surface area contributed by atoms with E-state index < -0.39 is 24.1 Å². The van der Waals surface area contributed by atoms with Crippen LogP contribution in [0.15, 0.2) is 18.2 Å². The number of carboxylic acid groups (broad SMARTS) is 1. The van der Waals surface area contributed by atoms with Gasteiger partial charge in [0, 0.05) is 36.7 Å². The van der Waals surface area contributed by atoms with E-state index in [1.165, 1.54) is 4.90 Å². The van der Waals surface area contributed by atoms with Crippen molar-refractivity contribution in [2.45, 2.75) is 56.9 Å². The van der Waals surface area contributed by atoms with Gasteiger partial charge >= 0.3 is 12.1 Å². The molecule has 0 bridgehead atoms. The van der Waals surface area contributed by atoms with Gasteiger partial charge in [-0.3, -0.25) is 24.5 Å². The van der Waals surface area contributed by atoms with Crippen LogP contribution < -0.4 is 16.0 Å². The molecule has 1 unspecified atom stereocenters. The van der Waals surface area contributed by atoms with Gasteiger partial charge in [-0.2, -0.15) is 13.2 Å². The molecule has 0 aliphatic carbocycles. The Labute approximate surface area is 198 Å². The SMILES string of the molecule is O=C(O)C(F)(F)F.O=C1CCC(N2Cc3cc(C(=O)N[C@H]4CCCCNC4)ccc3C2=O)C(=O)N1. The van der Waals surface area contributed by atoms with Gasteiger partial charge in [0.05, 0.1) is 0 Å². The predicted molar refractivity (Wildman–Crippen MR) is 114 cm³/mol. The van der Waals surface area contributed by atoms with E-state index in [2.05, 4.69) is 16.0 Å². The lowest BCUT2D eigenvalue weighted by atomic mass is 10.0. The summed E-state index contributed by atoms with van der Waals surface area (Å²) in [6.07, 6.45) is -1.39. The van der Waals surface area contributed by atoms with E-state index in [0.717, 1.165) is 37.9 Å². The van der Waals surface area contributed by atoms with Gasteiger partial charge < -0.3 is 20.6 Å². The number of carbonyl (C=O) groups is 5. The molecule has 0 saturated carbocycles. The fourth-order valence-electron chi connectivity index (χ4n) is 4.13. The Morgan fingerprint density at radius 3 is 2.49 bits per heavy atom. The van der Waals surface area contributed by atoms with E-state index in [-0.39, 0.29) is 36.7 Å². The number of fused-ring (bicyclic) bond motifs is 1. The Morgan fingerprint density at radius 1 is 1.11 bits per heavy atom. The summed E-state index contributed by atoms with van der Waals surface area (Å²) >= 11 is 0. The fourth-order valence-corrected chi connectivity index (χ4v) is 4.13. The molecule has 1 aromatic rings. The maximum atomic E-state index is 12.7. The highest BCUT2D eigenvalue weighted by Crippen LogP contribution is 2.28. The first kappa shape index (κ1) is 26.1. The smallest absolute Gasteiger partial charge is 0.475 e. The quantitative estimate of drug-likeness (QED) is 0.454. The molecule has 13 heteroatoms. The number of halogens is 3. The van der Waals surface area contributed by atoms with Crippen molar-refractivity contribution in [3.05, 3.63) is 34.9 Å². The molecule has 2 fully saturated rings. The Hall–Kier alpha value is -3.48. The number of nitrogens with zero attached hydrogens (tertiary/aromatic N) is 1. The molecule has 190 valence electrons. The first-order chi connectivity index (χ1) is 16.5. The van der Waals surface area contributed by atoms with Crippen LogP contribution in [0.2, 0.25) is 0 Å². The minimum absolute atomic E-state index is 0.102. The summed E-state index contributed by atoms with van der Waals surface area (Å²) < 4.78 is 31.7.